The Bertz CT molecular complexity index is 660. The zero-order valence-electron chi connectivity index (χ0n) is 7.88. The first-order valence-corrected chi connectivity index (χ1v) is 5.68. The van der Waals surface area contributed by atoms with E-state index in [1.807, 2.05) is 0 Å². The van der Waals surface area contributed by atoms with Crippen LogP contribution in [0.4, 0.5) is 0 Å². The van der Waals surface area contributed by atoms with Gasteiger partial charge in [0.15, 0.2) is 11.5 Å². The molecule has 0 atom stereocenters. The Kier molecular flexibility index (Phi) is 2.25. The number of hydrogen-bond acceptors (Lipinski definition) is 4. The van der Waals surface area contributed by atoms with Crippen LogP contribution in [0, 0.1) is 6.07 Å². The second kappa shape index (κ2) is 3.36. The van der Waals surface area contributed by atoms with Gasteiger partial charge in [-0.25, -0.2) is 0 Å². The van der Waals surface area contributed by atoms with Crippen molar-refractivity contribution in [2.45, 2.75) is 4.90 Å². The summed E-state index contributed by atoms with van der Waals surface area (Å²) >= 11 is 0. The van der Waals surface area contributed by atoms with Crippen LogP contribution in [0.5, 0.6) is 11.5 Å². The van der Waals surface area contributed by atoms with Gasteiger partial charge in [-0.15, -0.1) is 0 Å². The lowest BCUT2D eigenvalue weighted by Gasteiger charge is -2.04. The highest BCUT2D eigenvalue weighted by Crippen LogP contribution is 2.32. The quantitative estimate of drug-likeness (QED) is 0.515. The summed E-state index contributed by atoms with van der Waals surface area (Å²) in [7, 11) is -4.38. The van der Waals surface area contributed by atoms with E-state index in [9.17, 15) is 18.6 Å². The Labute approximate surface area is 91.3 Å². The zero-order valence-corrected chi connectivity index (χ0v) is 8.69. The van der Waals surface area contributed by atoms with E-state index >= 15 is 0 Å². The maximum absolute atomic E-state index is 11.0. The third kappa shape index (κ3) is 1.68. The minimum Gasteiger partial charge on any atom is -0.504 e. The lowest BCUT2D eigenvalue weighted by Crippen LogP contribution is -1.98. The number of phenolic OH excluding ortho intramolecular Hbond substituents is 2. The van der Waals surface area contributed by atoms with Gasteiger partial charge >= 0.3 is 0 Å². The summed E-state index contributed by atoms with van der Waals surface area (Å²) in [5, 5.41) is 18.8. The first-order chi connectivity index (χ1) is 7.39. The largest absolute Gasteiger partial charge is 0.504 e. The topological polar surface area (TPSA) is 94.8 Å². The second-order valence-corrected chi connectivity index (χ2v) is 4.59. The predicted molar refractivity (Wildman–Crippen MR) is 55.9 cm³/mol. The highest BCUT2D eigenvalue weighted by molar-refractivity contribution is 7.86. The lowest BCUT2D eigenvalue weighted by molar-refractivity contribution is 0.404. The lowest BCUT2D eigenvalue weighted by atomic mass is 10.1. The molecule has 0 fully saturated rings. The first kappa shape index (κ1) is 10.7. The molecule has 6 heteroatoms. The first-order valence-electron chi connectivity index (χ1n) is 4.24. The smallest absolute Gasteiger partial charge is 0.295 e. The van der Waals surface area contributed by atoms with E-state index in [2.05, 4.69) is 6.07 Å². The van der Waals surface area contributed by atoms with Gasteiger partial charge in [0.05, 0.1) is 0 Å². The van der Waals surface area contributed by atoms with Crippen molar-refractivity contribution in [2.24, 2.45) is 0 Å². The van der Waals surface area contributed by atoms with Crippen molar-refractivity contribution < 1.29 is 23.2 Å². The summed E-state index contributed by atoms with van der Waals surface area (Å²) in [6.07, 6.45) is 0. The summed E-state index contributed by atoms with van der Waals surface area (Å²) in [6, 6.07) is 7.61. The van der Waals surface area contributed by atoms with Gasteiger partial charge < -0.3 is 10.2 Å². The molecule has 0 bridgehead atoms. The summed E-state index contributed by atoms with van der Waals surface area (Å²) in [5.74, 6) is -0.969. The average Bonchev–Trinajstić information content (AvgIpc) is 2.17. The number of rotatable bonds is 1. The van der Waals surface area contributed by atoms with E-state index in [0.29, 0.717) is 5.39 Å². The van der Waals surface area contributed by atoms with Crippen LogP contribution in [0.25, 0.3) is 10.8 Å². The van der Waals surface area contributed by atoms with Gasteiger partial charge in [0.25, 0.3) is 10.1 Å². The van der Waals surface area contributed by atoms with Crippen molar-refractivity contribution in [3.8, 4) is 11.5 Å². The van der Waals surface area contributed by atoms with Crippen molar-refractivity contribution in [3.05, 3.63) is 30.3 Å². The molecule has 2 rings (SSSR count). The fourth-order valence-corrected chi connectivity index (χ4v) is 2.09. The highest BCUT2D eigenvalue weighted by atomic mass is 32.2. The van der Waals surface area contributed by atoms with E-state index in [1.54, 1.807) is 0 Å². The summed E-state index contributed by atoms with van der Waals surface area (Å²) in [5.41, 5.74) is 0. The molecular formula is C10H7O5S. The number of aromatic hydroxyl groups is 2. The minimum absolute atomic E-state index is 0.0281. The molecule has 0 aliphatic carbocycles. The van der Waals surface area contributed by atoms with Gasteiger partial charge in [0, 0.05) is 11.5 Å². The van der Waals surface area contributed by atoms with Crippen LogP contribution in [0.3, 0.4) is 0 Å². The molecule has 2 aromatic carbocycles. The van der Waals surface area contributed by atoms with Crippen LogP contribution in [0.2, 0.25) is 0 Å². The molecule has 3 N–H and O–H groups in total. The van der Waals surface area contributed by atoms with Crippen molar-refractivity contribution in [2.75, 3.05) is 0 Å². The monoisotopic (exact) mass is 239 g/mol. The van der Waals surface area contributed by atoms with Crippen molar-refractivity contribution in [1.29, 1.82) is 0 Å². The Morgan fingerprint density at radius 3 is 2.50 bits per heavy atom. The van der Waals surface area contributed by atoms with E-state index in [-0.39, 0.29) is 10.3 Å². The summed E-state index contributed by atoms with van der Waals surface area (Å²) in [6.45, 7) is 0. The van der Waals surface area contributed by atoms with Crippen molar-refractivity contribution >= 4 is 20.9 Å². The standard InChI is InChI=1S/C10H7O5S/c11-8-4-6-2-1-3-10(16(13,14)15)7(6)5-9(8)12/h1-4,11-12H,(H,13,14,15). The van der Waals surface area contributed by atoms with Crippen LogP contribution in [0.15, 0.2) is 29.2 Å². The number of fused-ring (bicyclic) bond motifs is 1. The molecule has 83 valence electrons. The van der Waals surface area contributed by atoms with Gasteiger partial charge in [-0.2, -0.15) is 8.42 Å². The number of benzene rings is 2. The fraction of sp³-hybridized carbons (Fsp3) is 0. The minimum atomic E-state index is -4.38. The van der Waals surface area contributed by atoms with E-state index in [1.165, 1.54) is 24.3 Å². The third-order valence-corrected chi connectivity index (χ3v) is 3.01. The van der Waals surface area contributed by atoms with E-state index in [4.69, 9.17) is 4.55 Å². The Morgan fingerprint density at radius 2 is 1.88 bits per heavy atom. The van der Waals surface area contributed by atoms with Crippen LogP contribution < -0.4 is 0 Å². The highest BCUT2D eigenvalue weighted by Gasteiger charge is 2.15. The maximum atomic E-state index is 11.0. The molecule has 0 heterocycles. The van der Waals surface area contributed by atoms with Gasteiger partial charge in [-0.3, -0.25) is 4.55 Å². The molecule has 0 aromatic heterocycles. The molecule has 0 saturated heterocycles. The molecule has 0 amide bonds. The van der Waals surface area contributed by atoms with Gasteiger partial charge in [0.2, 0.25) is 0 Å². The summed E-state index contributed by atoms with van der Waals surface area (Å²) < 4.78 is 31.0. The summed E-state index contributed by atoms with van der Waals surface area (Å²) in [4.78, 5) is -0.361. The molecule has 2 aromatic rings. The average molecular weight is 239 g/mol. The van der Waals surface area contributed by atoms with Crippen LogP contribution in [-0.4, -0.2) is 23.2 Å². The molecule has 16 heavy (non-hydrogen) atoms. The molecule has 0 unspecified atom stereocenters. The van der Waals surface area contributed by atoms with Crippen molar-refractivity contribution in [3.63, 3.8) is 0 Å². The van der Waals surface area contributed by atoms with E-state index in [0.717, 1.165) is 0 Å². The fourth-order valence-electron chi connectivity index (χ4n) is 1.42. The normalized spacial score (nSPS) is 11.8. The van der Waals surface area contributed by atoms with Crippen molar-refractivity contribution in [1.82, 2.24) is 0 Å². The number of phenols is 2. The molecule has 0 saturated carbocycles. The third-order valence-electron chi connectivity index (χ3n) is 2.11. The Morgan fingerprint density at radius 1 is 1.19 bits per heavy atom. The van der Waals surface area contributed by atoms with Crippen LogP contribution in [0.1, 0.15) is 0 Å². The van der Waals surface area contributed by atoms with Crippen LogP contribution >= 0.6 is 0 Å². The second-order valence-electron chi connectivity index (χ2n) is 3.20. The maximum Gasteiger partial charge on any atom is 0.295 e. The van der Waals surface area contributed by atoms with Crippen LogP contribution in [-0.2, 0) is 10.1 Å². The SMILES string of the molecule is O=S(=O)(O)c1cccc2cc(O)c(O)[c]c12. The van der Waals surface area contributed by atoms with Gasteiger partial charge in [0.1, 0.15) is 4.90 Å². The Balaban J connectivity index is 2.93. The predicted octanol–water partition coefficient (Wildman–Crippen LogP) is 1.30. The number of hydrogen-bond donors (Lipinski definition) is 3. The molecule has 0 spiro atoms. The van der Waals surface area contributed by atoms with Gasteiger partial charge in [-0.1, -0.05) is 12.1 Å². The van der Waals surface area contributed by atoms with E-state index < -0.39 is 21.6 Å². The Hall–Kier alpha value is -1.79. The molecular weight excluding hydrogens is 232 g/mol. The van der Waals surface area contributed by atoms with Gasteiger partial charge in [-0.05, 0) is 17.5 Å². The molecule has 1 radical (unpaired) electrons. The zero-order chi connectivity index (χ0) is 11.9. The molecule has 0 aliphatic heterocycles. The molecule has 5 nitrogen and oxygen atoms in total. The molecule has 0 aliphatic rings.